The molecule has 1 N–H and O–H groups in total. The molecule has 1 fully saturated rings. The summed E-state index contributed by atoms with van der Waals surface area (Å²) >= 11 is 0. The van der Waals surface area contributed by atoms with Crippen molar-refractivity contribution in [2.45, 2.75) is 82.3 Å². The minimum Gasteiger partial charge on any atom is -0.489 e. The molecule has 6 nitrogen and oxygen atoms in total. The molecule has 1 aromatic heterocycles. The van der Waals surface area contributed by atoms with Crippen LogP contribution in [0, 0.1) is 0 Å². The van der Waals surface area contributed by atoms with Gasteiger partial charge >= 0.3 is 0 Å². The molecule has 1 aliphatic carbocycles. The lowest BCUT2D eigenvalue weighted by atomic mass is 10.1. The van der Waals surface area contributed by atoms with Crippen LogP contribution in [0.15, 0.2) is 65.7 Å². The van der Waals surface area contributed by atoms with Gasteiger partial charge in [0.05, 0.1) is 21.3 Å². The predicted molar refractivity (Wildman–Crippen MR) is 136 cm³/mol. The van der Waals surface area contributed by atoms with Crippen LogP contribution in [0.4, 0.5) is 0 Å². The molecule has 3 aromatic rings. The minimum atomic E-state index is -3.47. The Hall–Kier alpha value is -2.48. The molecule has 0 saturated heterocycles. The normalized spacial score (nSPS) is 18.4. The highest BCUT2D eigenvalue weighted by Crippen LogP contribution is 2.31. The summed E-state index contributed by atoms with van der Waals surface area (Å²) in [6.45, 7) is 10.2. The van der Waals surface area contributed by atoms with Gasteiger partial charge in [-0.25, -0.2) is 8.42 Å². The number of rotatable bonds is 7. The van der Waals surface area contributed by atoms with Gasteiger partial charge in [0.15, 0.2) is 9.84 Å². The van der Waals surface area contributed by atoms with Crippen LogP contribution < -0.4 is 10.2 Å². The molecular weight excluding hydrogens is 448 g/mol. The fourth-order valence-electron chi connectivity index (χ4n) is 4.03. The molecule has 1 saturated carbocycles. The molecular formula is C27H36N2O4S. The number of fused-ring (bicyclic) bond motifs is 1. The zero-order chi connectivity index (χ0) is 24.8. The number of hydroxylamine groups is 1. The van der Waals surface area contributed by atoms with Crippen molar-refractivity contribution >= 4 is 20.7 Å². The third-order valence-electron chi connectivity index (χ3n) is 5.65. The zero-order valence-electron chi connectivity index (χ0n) is 20.7. The van der Waals surface area contributed by atoms with Crippen LogP contribution in [0.5, 0.6) is 5.75 Å². The van der Waals surface area contributed by atoms with E-state index in [9.17, 15) is 8.42 Å². The smallest absolute Gasteiger partial charge is 0.182 e. The van der Waals surface area contributed by atoms with Gasteiger partial charge in [-0.1, -0.05) is 38.5 Å². The topological polar surface area (TPSA) is 77.5 Å². The van der Waals surface area contributed by atoms with Gasteiger partial charge in [-0.3, -0.25) is 9.82 Å². The number of nitrogens with zero attached hydrogens (tertiary/aromatic N) is 1. The van der Waals surface area contributed by atoms with Crippen molar-refractivity contribution in [1.82, 2.24) is 10.5 Å². The van der Waals surface area contributed by atoms with Crippen LogP contribution in [0.2, 0.25) is 0 Å². The summed E-state index contributed by atoms with van der Waals surface area (Å²) in [6.07, 6.45) is 4.03. The summed E-state index contributed by atoms with van der Waals surface area (Å²) in [5.74, 6) is 0.627. The summed E-state index contributed by atoms with van der Waals surface area (Å²) in [5.41, 5.74) is 4.58. The third-order valence-corrected chi connectivity index (χ3v) is 7.94. The van der Waals surface area contributed by atoms with E-state index in [-0.39, 0.29) is 11.6 Å². The minimum absolute atomic E-state index is 0.213. The molecule has 1 aliphatic rings. The van der Waals surface area contributed by atoms with Crippen LogP contribution in [-0.2, 0) is 21.3 Å². The van der Waals surface area contributed by atoms with Gasteiger partial charge in [-0.15, -0.1) is 0 Å². The van der Waals surface area contributed by atoms with E-state index in [0.29, 0.717) is 23.7 Å². The largest absolute Gasteiger partial charge is 0.489 e. The van der Waals surface area contributed by atoms with Crippen molar-refractivity contribution < 1.29 is 18.0 Å². The van der Waals surface area contributed by atoms with Crippen molar-refractivity contribution in [2.75, 3.05) is 0 Å². The first-order valence-electron chi connectivity index (χ1n) is 12.0. The number of pyridine rings is 1. The molecule has 184 valence electrons. The second-order valence-corrected chi connectivity index (χ2v) is 11.4. The van der Waals surface area contributed by atoms with Gasteiger partial charge in [-0.2, -0.15) is 5.48 Å². The number of ether oxygens (including phenoxy) is 1. The number of para-hydroxylation sites is 1. The van der Waals surface area contributed by atoms with E-state index in [1.807, 2.05) is 65.0 Å². The second kappa shape index (κ2) is 11.3. The van der Waals surface area contributed by atoms with Gasteiger partial charge in [0.1, 0.15) is 12.4 Å². The average Bonchev–Trinajstić information content (AvgIpc) is 3.32. The molecule has 2 atom stereocenters. The van der Waals surface area contributed by atoms with Gasteiger partial charge in [0, 0.05) is 23.2 Å². The van der Waals surface area contributed by atoms with Gasteiger partial charge < -0.3 is 4.74 Å². The Morgan fingerprint density at radius 3 is 2.41 bits per heavy atom. The highest BCUT2D eigenvalue weighted by molar-refractivity contribution is 7.92. The van der Waals surface area contributed by atoms with Crippen LogP contribution in [0.1, 0.15) is 59.4 Å². The fourth-order valence-corrected chi connectivity index (χ4v) is 5.99. The summed E-state index contributed by atoms with van der Waals surface area (Å²) < 4.78 is 32.5. The first kappa shape index (κ1) is 26.1. The van der Waals surface area contributed by atoms with Crippen molar-refractivity contribution in [3.05, 3.63) is 66.4 Å². The summed E-state index contributed by atoms with van der Waals surface area (Å²) in [5, 5.41) is 0.547. The number of nitrogens with one attached hydrogen (secondary N) is 1. The first-order valence-corrected chi connectivity index (χ1v) is 13.5. The van der Waals surface area contributed by atoms with Crippen LogP contribution in [0.25, 0.3) is 10.9 Å². The van der Waals surface area contributed by atoms with Crippen LogP contribution in [0.3, 0.4) is 0 Å². The molecule has 7 heteroatoms. The molecule has 4 rings (SSSR count). The maximum Gasteiger partial charge on any atom is 0.182 e. The summed E-state index contributed by atoms with van der Waals surface area (Å²) in [4.78, 5) is 10.3. The molecule has 0 amide bonds. The lowest BCUT2D eigenvalue weighted by Crippen LogP contribution is -2.43. The van der Waals surface area contributed by atoms with Gasteiger partial charge in [0.25, 0.3) is 0 Å². The van der Waals surface area contributed by atoms with E-state index < -0.39 is 15.1 Å². The van der Waals surface area contributed by atoms with Gasteiger partial charge in [-0.05, 0) is 70.0 Å². The van der Waals surface area contributed by atoms with Crippen molar-refractivity contribution in [1.29, 1.82) is 0 Å². The molecule has 2 aromatic carbocycles. The molecule has 34 heavy (non-hydrogen) atoms. The third kappa shape index (κ3) is 6.34. The van der Waals surface area contributed by atoms with Crippen LogP contribution in [-0.4, -0.2) is 30.3 Å². The summed E-state index contributed by atoms with van der Waals surface area (Å²) in [7, 11) is -3.47. The highest BCUT2D eigenvalue weighted by Gasteiger charge is 2.39. The maximum absolute atomic E-state index is 13.3. The zero-order valence-corrected chi connectivity index (χ0v) is 21.6. The number of hydrogen-bond acceptors (Lipinski definition) is 6. The first-order chi connectivity index (χ1) is 16.2. The van der Waals surface area contributed by atoms with E-state index in [2.05, 4.69) is 10.5 Å². The average molecular weight is 485 g/mol. The quantitative estimate of drug-likeness (QED) is 0.424. The lowest BCUT2D eigenvalue weighted by Gasteiger charge is -2.26. The molecule has 0 bridgehead atoms. The van der Waals surface area contributed by atoms with E-state index in [1.165, 1.54) is 0 Å². The van der Waals surface area contributed by atoms with Crippen molar-refractivity contribution in [2.24, 2.45) is 0 Å². The van der Waals surface area contributed by atoms with E-state index in [4.69, 9.17) is 9.57 Å². The Kier molecular flexibility index (Phi) is 8.68. The Morgan fingerprint density at radius 2 is 1.71 bits per heavy atom. The number of sulfone groups is 1. The highest BCUT2D eigenvalue weighted by atomic mass is 32.2. The molecule has 0 spiro atoms. The van der Waals surface area contributed by atoms with Crippen LogP contribution >= 0.6 is 0 Å². The van der Waals surface area contributed by atoms with E-state index in [0.717, 1.165) is 29.3 Å². The standard InChI is InChI=1S/C25H30N2O4S.C2H6/c1-25(2,3)31-27-23-9-6-10-24(23)32(28,29)20-13-11-19(12-14-20)30-17-18-15-16-26-22-8-5-4-7-21(18)22;1-2/h4-5,7-8,11-16,23-24,27H,6,9-10,17H2,1-3H3;1-2H3. The molecule has 1 heterocycles. The Bertz CT molecular complexity index is 1170. The lowest BCUT2D eigenvalue weighted by molar-refractivity contribution is -0.0868. The van der Waals surface area contributed by atoms with Crippen molar-refractivity contribution in [3.8, 4) is 5.75 Å². The SMILES string of the molecule is CC.CC(C)(C)ONC1CCCC1S(=O)(=O)c1ccc(OCc2ccnc3ccccc23)cc1. The molecule has 0 radical (unpaired) electrons. The van der Waals surface area contributed by atoms with Gasteiger partial charge in [0.2, 0.25) is 0 Å². The Morgan fingerprint density at radius 1 is 1.00 bits per heavy atom. The Labute approximate surface area is 203 Å². The molecule has 2 unspecified atom stereocenters. The predicted octanol–water partition coefficient (Wildman–Crippen LogP) is 5.85. The monoisotopic (exact) mass is 484 g/mol. The Balaban J connectivity index is 0.00000158. The number of aromatic nitrogens is 1. The fraction of sp³-hybridized carbons (Fsp3) is 0.444. The number of benzene rings is 2. The maximum atomic E-state index is 13.3. The summed E-state index contributed by atoms with van der Waals surface area (Å²) in [6, 6.07) is 16.4. The number of hydrogen-bond donors (Lipinski definition) is 1. The second-order valence-electron chi connectivity index (χ2n) is 9.20. The molecule has 0 aliphatic heterocycles. The van der Waals surface area contributed by atoms with E-state index >= 15 is 0 Å². The van der Waals surface area contributed by atoms with E-state index in [1.54, 1.807) is 30.5 Å². The van der Waals surface area contributed by atoms with Crippen molar-refractivity contribution in [3.63, 3.8) is 0 Å².